The molecule has 0 saturated carbocycles. The van der Waals surface area contributed by atoms with Crippen LogP contribution in [0.1, 0.15) is 19.4 Å². The zero-order valence-corrected chi connectivity index (χ0v) is 12.7. The third-order valence-electron chi connectivity index (χ3n) is 3.42. The largest absolute Gasteiger partial charge is 0.358 e. The number of carbonyl (C=O) groups excluding carboxylic acids is 1. The molecule has 1 amide bonds. The van der Waals surface area contributed by atoms with Crippen molar-refractivity contribution in [1.29, 1.82) is 0 Å². The van der Waals surface area contributed by atoms with Crippen LogP contribution in [-0.2, 0) is 11.2 Å². The third kappa shape index (κ3) is 3.24. The molecule has 1 aliphatic rings. The normalized spacial score (nSPS) is 17.7. The van der Waals surface area contributed by atoms with E-state index in [2.05, 4.69) is 36.2 Å². The van der Waals surface area contributed by atoms with E-state index in [1.54, 1.807) is 7.05 Å². The van der Waals surface area contributed by atoms with Crippen molar-refractivity contribution in [2.24, 2.45) is 0 Å². The van der Waals surface area contributed by atoms with Crippen molar-refractivity contribution in [3.05, 3.63) is 29.8 Å². The van der Waals surface area contributed by atoms with Gasteiger partial charge in [0, 0.05) is 31.5 Å². The Morgan fingerprint density at radius 2 is 2.21 bits per heavy atom. The molecule has 1 atom stereocenters. The molecule has 2 rings (SSSR count). The van der Waals surface area contributed by atoms with E-state index in [4.69, 9.17) is 0 Å². The van der Waals surface area contributed by atoms with E-state index in [1.165, 1.54) is 11.3 Å². The van der Waals surface area contributed by atoms with Crippen LogP contribution < -0.4 is 10.2 Å². The van der Waals surface area contributed by atoms with Crippen LogP contribution in [0.5, 0.6) is 0 Å². The average molecular weight is 278 g/mol. The van der Waals surface area contributed by atoms with E-state index in [0.29, 0.717) is 5.25 Å². The predicted molar refractivity (Wildman–Crippen MR) is 82.9 cm³/mol. The van der Waals surface area contributed by atoms with Crippen LogP contribution in [0.3, 0.4) is 0 Å². The fourth-order valence-electron chi connectivity index (χ4n) is 2.51. The summed E-state index contributed by atoms with van der Waals surface area (Å²) < 4.78 is 0. The van der Waals surface area contributed by atoms with Gasteiger partial charge in [-0.2, -0.15) is 11.8 Å². The molecule has 1 aromatic rings. The van der Waals surface area contributed by atoms with Gasteiger partial charge < -0.3 is 10.2 Å². The molecule has 4 heteroatoms. The van der Waals surface area contributed by atoms with Gasteiger partial charge in [0.15, 0.2) is 0 Å². The fraction of sp³-hybridized carbons (Fsp3) is 0.533. The summed E-state index contributed by atoms with van der Waals surface area (Å²) in [7, 11) is 1.71. The average Bonchev–Trinajstić information content (AvgIpc) is 2.77. The van der Waals surface area contributed by atoms with E-state index >= 15 is 0 Å². The van der Waals surface area contributed by atoms with Gasteiger partial charge in [0.05, 0.1) is 0 Å². The minimum atomic E-state index is -0.0461. The number of hydrogen-bond donors (Lipinski definition) is 1. The number of nitrogens with zero attached hydrogens (tertiary/aromatic N) is 1. The summed E-state index contributed by atoms with van der Waals surface area (Å²) in [6.07, 6.45) is 0.822. The molecule has 1 aromatic carbocycles. The number of thioether (sulfide) groups is 1. The fourth-order valence-corrected chi connectivity index (χ4v) is 3.29. The van der Waals surface area contributed by atoms with Gasteiger partial charge in [0.2, 0.25) is 5.91 Å². The van der Waals surface area contributed by atoms with Gasteiger partial charge in [-0.05, 0) is 16.9 Å². The highest BCUT2D eigenvalue weighted by Crippen LogP contribution is 2.32. The van der Waals surface area contributed by atoms with Gasteiger partial charge in [-0.1, -0.05) is 32.0 Å². The van der Waals surface area contributed by atoms with Crippen molar-refractivity contribution in [1.82, 2.24) is 5.32 Å². The van der Waals surface area contributed by atoms with Crippen LogP contribution in [0, 0.1) is 0 Å². The zero-order valence-electron chi connectivity index (χ0n) is 11.8. The highest BCUT2D eigenvalue weighted by molar-refractivity contribution is 7.99. The SMILES string of the molecule is CNC(=O)C1Cc2ccccc2N1CCSC(C)C. The van der Waals surface area contributed by atoms with Crippen molar-refractivity contribution in [3.63, 3.8) is 0 Å². The monoisotopic (exact) mass is 278 g/mol. The molecule has 3 nitrogen and oxygen atoms in total. The second-order valence-corrected chi connectivity index (χ2v) is 6.76. The molecule has 104 valence electrons. The van der Waals surface area contributed by atoms with Gasteiger partial charge in [-0.3, -0.25) is 4.79 Å². The van der Waals surface area contributed by atoms with E-state index in [0.717, 1.165) is 18.7 Å². The molecule has 1 heterocycles. The number of hydrogen-bond acceptors (Lipinski definition) is 3. The molecule has 1 aliphatic heterocycles. The first kappa shape index (κ1) is 14.3. The van der Waals surface area contributed by atoms with E-state index in [9.17, 15) is 4.79 Å². The minimum absolute atomic E-state index is 0.0461. The standard InChI is InChI=1S/C15H22N2OS/c1-11(2)19-9-8-17-13-7-5-4-6-12(13)10-14(17)15(18)16-3/h4-7,11,14H,8-10H2,1-3H3,(H,16,18). The lowest BCUT2D eigenvalue weighted by Gasteiger charge is -2.26. The minimum Gasteiger partial charge on any atom is -0.358 e. The summed E-state index contributed by atoms with van der Waals surface area (Å²) in [4.78, 5) is 14.3. The van der Waals surface area contributed by atoms with Gasteiger partial charge in [0.1, 0.15) is 6.04 Å². The van der Waals surface area contributed by atoms with Gasteiger partial charge in [-0.25, -0.2) is 0 Å². The number of likely N-dealkylation sites (N-methyl/N-ethyl adjacent to an activating group) is 1. The van der Waals surface area contributed by atoms with Crippen molar-refractivity contribution < 1.29 is 4.79 Å². The summed E-state index contributed by atoms with van der Waals surface area (Å²) in [5.41, 5.74) is 2.51. The molecule has 0 fully saturated rings. The Labute approximate surface area is 119 Å². The number of fused-ring (bicyclic) bond motifs is 1. The number of anilines is 1. The quantitative estimate of drug-likeness (QED) is 0.897. The number of carbonyl (C=O) groups is 1. The first-order chi connectivity index (χ1) is 9.13. The molecule has 0 aromatic heterocycles. The Balaban J connectivity index is 2.12. The molecule has 1 unspecified atom stereocenters. The van der Waals surface area contributed by atoms with Crippen molar-refractivity contribution >= 4 is 23.4 Å². The lowest BCUT2D eigenvalue weighted by atomic mass is 10.1. The van der Waals surface area contributed by atoms with E-state index < -0.39 is 0 Å². The van der Waals surface area contributed by atoms with Crippen LogP contribution in [0.4, 0.5) is 5.69 Å². The number of para-hydroxylation sites is 1. The highest BCUT2D eigenvalue weighted by Gasteiger charge is 2.33. The Bertz CT molecular complexity index is 448. The lowest BCUT2D eigenvalue weighted by Crippen LogP contribution is -2.45. The second kappa shape index (κ2) is 6.33. The van der Waals surface area contributed by atoms with Gasteiger partial charge in [-0.15, -0.1) is 0 Å². The van der Waals surface area contributed by atoms with Gasteiger partial charge in [0.25, 0.3) is 0 Å². The van der Waals surface area contributed by atoms with Crippen LogP contribution in [0.2, 0.25) is 0 Å². The molecule has 0 radical (unpaired) electrons. The number of amides is 1. The Morgan fingerprint density at radius 1 is 1.47 bits per heavy atom. The molecular weight excluding hydrogens is 256 g/mol. The molecular formula is C15H22N2OS. The maximum atomic E-state index is 12.0. The van der Waals surface area contributed by atoms with Crippen LogP contribution in [-0.4, -0.2) is 36.5 Å². The lowest BCUT2D eigenvalue weighted by molar-refractivity contribution is -0.121. The molecule has 0 bridgehead atoms. The summed E-state index contributed by atoms with van der Waals surface area (Å²) >= 11 is 1.94. The Morgan fingerprint density at radius 3 is 2.89 bits per heavy atom. The van der Waals surface area contributed by atoms with Crippen LogP contribution >= 0.6 is 11.8 Å². The van der Waals surface area contributed by atoms with Gasteiger partial charge >= 0.3 is 0 Å². The Kier molecular flexibility index (Phi) is 4.75. The number of benzene rings is 1. The van der Waals surface area contributed by atoms with E-state index in [1.807, 2.05) is 23.9 Å². The summed E-state index contributed by atoms with van der Waals surface area (Å²) in [6, 6.07) is 8.30. The Hall–Kier alpha value is -1.16. The second-order valence-electron chi connectivity index (χ2n) is 5.08. The highest BCUT2D eigenvalue weighted by atomic mass is 32.2. The number of rotatable bonds is 5. The van der Waals surface area contributed by atoms with Crippen molar-refractivity contribution in [2.45, 2.75) is 31.6 Å². The third-order valence-corrected chi connectivity index (χ3v) is 4.51. The molecule has 0 aliphatic carbocycles. The molecule has 19 heavy (non-hydrogen) atoms. The summed E-state index contributed by atoms with van der Waals surface area (Å²) in [6.45, 7) is 5.34. The molecule has 1 N–H and O–H groups in total. The maximum absolute atomic E-state index is 12.0. The smallest absolute Gasteiger partial charge is 0.242 e. The first-order valence-corrected chi connectivity index (χ1v) is 7.86. The van der Waals surface area contributed by atoms with Crippen molar-refractivity contribution in [3.8, 4) is 0 Å². The predicted octanol–water partition coefficient (Wildman–Crippen LogP) is 2.31. The van der Waals surface area contributed by atoms with Crippen molar-refractivity contribution in [2.75, 3.05) is 24.2 Å². The van der Waals surface area contributed by atoms with E-state index in [-0.39, 0.29) is 11.9 Å². The van der Waals surface area contributed by atoms with Crippen LogP contribution in [0.15, 0.2) is 24.3 Å². The molecule has 0 saturated heterocycles. The summed E-state index contributed by atoms with van der Waals surface area (Å²) in [5, 5.41) is 3.42. The molecule has 0 spiro atoms. The maximum Gasteiger partial charge on any atom is 0.242 e. The first-order valence-electron chi connectivity index (χ1n) is 6.81. The number of nitrogens with one attached hydrogen (secondary N) is 1. The zero-order chi connectivity index (χ0) is 13.8. The summed E-state index contributed by atoms with van der Waals surface area (Å²) in [5.74, 6) is 1.17. The van der Waals surface area contributed by atoms with Crippen LogP contribution in [0.25, 0.3) is 0 Å². The topological polar surface area (TPSA) is 32.3 Å².